The zero-order valence-electron chi connectivity index (χ0n) is 12.0. The lowest BCUT2D eigenvalue weighted by molar-refractivity contribution is -0.133. The molecule has 2 rings (SSSR count). The maximum absolute atomic E-state index is 12.4. The van der Waals surface area contributed by atoms with E-state index in [4.69, 9.17) is 0 Å². The Hall–Kier alpha value is -1.63. The molecule has 108 valence electrons. The molecule has 6 nitrogen and oxygen atoms in total. The van der Waals surface area contributed by atoms with Crippen molar-refractivity contribution >= 4 is 21.8 Å². The summed E-state index contributed by atoms with van der Waals surface area (Å²) in [6.45, 7) is 4.29. The minimum atomic E-state index is -0.332. The van der Waals surface area contributed by atoms with Crippen molar-refractivity contribution in [1.29, 1.82) is 0 Å². The molecule has 0 N–H and O–H groups in total. The van der Waals surface area contributed by atoms with Crippen LogP contribution in [0, 0.1) is 6.92 Å². The van der Waals surface area contributed by atoms with Crippen molar-refractivity contribution in [2.24, 2.45) is 7.05 Å². The lowest BCUT2D eigenvalue weighted by Crippen LogP contribution is -2.32. The fourth-order valence-electron chi connectivity index (χ4n) is 2.00. The number of halogens is 1. The smallest absolute Gasteiger partial charge is 0.247 e. The number of amides is 1. The first-order chi connectivity index (χ1) is 9.38. The number of rotatable bonds is 4. The Kier molecular flexibility index (Phi) is 4.27. The summed E-state index contributed by atoms with van der Waals surface area (Å²) in [6, 6.07) is -0.332. The number of aryl methyl sites for hydroxylation is 2. The molecule has 0 bridgehead atoms. The average molecular weight is 340 g/mol. The lowest BCUT2D eigenvalue weighted by atomic mass is 10.2. The van der Waals surface area contributed by atoms with Crippen LogP contribution in [0.1, 0.15) is 24.2 Å². The van der Waals surface area contributed by atoms with Gasteiger partial charge in [0.25, 0.3) is 0 Å². The minimum Gasteiger partial charge on any atom is -0.339 e. The molecule has 1 atom stereocenters. The SMILES string of the molecule is Cc1nn([C@H](C)C(=O)N(C)Cc2cnn(C)c2)cc1Br. The van der Waals surface area contributed by atoms with E-state index < -0.39 is 0 Å². The van der Waals surface area contributed by atoms with Gasteiger partial charge in [0.1, 0.15) is 6.04 Å². The number of carbonyl (C=O) groups is 1. The molecule has 0 unspecified atom stereocenters. The van der Waals surface area contributed by atoms with Crippen LogP contribution >= 0.6 is 15.9 Å². The molecule has 2 aromatic rings. The van der Waals surface area contributed by atoms with Crippen molar-refractivity contribution in [3.63, 3.8) is 0 Å². The Labute approximate surface area is 126 Å². The predicted octanol–water partition coefficient (Wildman–Crippen LogP) is 1.91. The highest BCUT2D eigenvalue weighted by molar-refractivity contribution is 9.10. The molecule has 0 spiro atoms. The van der Waals surface area contributed by atoms with Gasteiger partial charge in [-0.25, -0.2) is 0 Å². The van der Waals surface area contributed by atoms with Crippen LogP contribution in [0.5, 0.6) is 0 Å². The first kappa shape index (κ1) is 14.8. The fraction of sp³-hybridized carbons (Fsp3) is 0.462. The molecule has 2 heterocycles. The summed E-state index contributed by atoms with van der Waals surface area (Å²) >= 11 is 3.41. The maximum Gasteiger partial charge on any atom is 0.247 e. The number of nitrogens with zero attached hydrogens (tertiary/aromatic N) is 5. The van der Waals surface area contributed by atoms with Gasteiger partial charge < -0.3 is 4.90 Å². The molecule has 7 heteroatoms. The fourth-order valence-corrected chi connectivity index (χ4v) is 2.28. The maximum atomic E-state index is 12.4. The highest BCUT2D eigenvalue weighted by atomic mass is 79.9. The monoisotopic (exact) mass is 339 g/mol. The van der Waals surface area contributed by atoms with Gasteiger partial charge in [-0.05, 0) is 29.8 Å². The summed E-state index contributed by atoms with van der Waals surface area (Å²) in [4.78, 5) is 14.1. The summed E-state index contributed by atoms with van der Waals surface area (Å²) in [6.07, 6.45) is 5.50. The lowest BCUT2D eigenvalue weighted by Gasteiger charge is -2.21. The molecule has 0 aliphatic rings. The van der Waals surface area contributed by atoms with E-state index >= 15 is 0 Å². The predicted molar refractivity (Wildman–Crippen MR) is 79.1 cm³/mol. The molecular weight excluding hydrogens is 322 g/mol. The van der Waals surface area contributed by atoms with Crippen LogP contribution in [-0.4, -0.2) is 37.4 Å². The molecule has 0 saturated heterocycles. The normalized spacial score (nSPS) is 12.4. The van der Waals surface area contributed by atoms with Gasteiger partial charge in [-0.3, -0.25) is 14.2 Å². The van der Waals surface area contributed by atoms with E-state index in [-0.39, 0.29) is 11.9 Å². The summed E-state index contributed by atoms with van der Waals surface area (Å²) in [5.74, 6) is 0.0175. The van der Waals surface area contributed by atoms with Crippen LogP contribution < -0.4 is 0 Å². The Morgan fingerprint density at radius 3 is 2.70 bits per heavy atom. The molecule has 0 saturated carbocycles. The summed E-state index contributed by atoms with van der Waals surface area (Å²) in [5.41, 5.74) is 1.88. The van der Waals surface area contributed by atoms with E-state index in [9.17, 15) is 4.79 Å². The van der Waals surface area contributed by atoms with Crippen molar-refractivity contribution in [3.8, 4) is 0 Å². The standard InChI is InChI=1S/C13H18BrN5O/c1-9-12(14)8-19(16-9)10(2)13(20)17(3)6-11-5-15-18(4)7-11/h5,7-8,10H,6H2,1-4H3/t10-/m1/s1. The van der Waals surface area contributed by atoms with Gasteiger partial charge in [-0.15, -0.1) is 0 Å². The molecule has 0 aliphatic heterocycles. The van der Waals surface area contributed by atoms with Crippen molar-refractivity contribution in [3.05, 3.63) is 34.3 Å². The third kappa shape index (κ3) is 3.09. The van der Waals surface area contributed by atoms with Crippen molar-refractivity contribution in [1.82, 2.24) is 24.5 Å². The molecule has 20 heavy (non-hydrogen) atoms. The summed E-state index contributed by atoms with van der Waals surface area (Å²) in [7, 11) is 3.65. The largest absolute Gasteiger partial charge is 0.339 e. The molecule has 0 fully saturated rings. The third-order valence-electron chi connectivity index (χ3n) is 3.17. The van der Waals surface area contributed by atoms with Gasteiger partial charge in [-0.1, -0.05) is 0 Å². The second kappa shape index (κ2) is 5.78. The molecule has 0 aliphatic carbocycles. The van der Waals surface area contributed by atoms with Crippen molar-refractivity contribution < 1.29 is 4.79 Å². The van der Waals surface area contributed by atoms with Gasteiger partial charge in [0.15, 0.2) is 0 Å². The first-order valence-corrected chi connectivity index (χ1v) is 7.11. The molecule has 2 aromatic heterocycles. The zero-order chi connectivity index (χ0) is 14.9. The van der Waals surface area contributed by atoms with E-state index in [0.29, 0.717) is 6.54 Å². The Morgan fingerprint density at radius 2 is 2.20 bits per heavy atom. The Balaban J connectivity index is 2.06. The Morgan fingerprint density at radius 1 is 1.50 bits per heavy atom. The topological polar surface area (TPSA) is 56.0 Å². The number of carbonyl (C=O) groups excluding carboxylic acids is 1. The van der Waals surface area contributed by atoms with Crippen molar-refractivity contribution in [2.75, 3.05) is 7.05 Å². The van der Waals surface area contributed by atoms with Crippen LogP contribution in [0.4, 0.5) is 0 Å². The van der Waals surface area contributed by atoms with Gasteiger partial charge in [0.2, 0.25) is 5.91 Å². The minimum absolute atomic E-state index is 0.0175. The molecule has 1 amide bonds. The van der Waals surface area contributed by atoms with E-state index in [1.807, 2.05) is 33.3 Å². The van der Waals surface area contributed by atoms with Gasteiger partial charge in [0, 0.05) is 38.6 Å². The highest BCUT2D eigenvalue weighted by Crippen LogP contribution is 2.18. The van der Waals surface area contributed by atoms with Crippen LogP contribution in [0.15, 0.2) is 23.1 Å². The number of likely N-dealkylation sites (N-methyl/N-ethyl adjacent to an activating group) is 1. The van der Waals surface area contributed by atoms with Crippen LogP contribution in [0.2, 0.25) is 0 Å². The van der Waals surface area contributed by atoms with Gasteiger partial charge in [0.05, 0.1) is 16.4 Å². The molecule has 0 radical (unpaired) electrons. The number of hydrogen-bond acceptors (Lipinski definition) is 3. The van der Waals surface area contributed by atoms with E-state index in [1.54, 1.807) is 27.5 Å². The summed E-state index contributed by atoms with van der Waals surface area (Å²) in [5, 5.41) is 8.43. The Bertz CT molecular complexity index is 599. The van der Waals surface area contributed by atoms with Crippen LogP contribution in [0.25, 0.3) is 0 Å². The van der Waals surface area contributed by atoms with Crippen molar-refractivity contribution in [2.45, 2.75) is 26.4 Å². The van der Waals surface area contributed by atoms with Gasteiger partial charge >= 0.3 is 0 Å². The van der Waals surface area contributed by atoms with E-state index in [0.717, 1.165) is 15.7 Å². The number of aromatic nitrogens is 4. The quantitative estimate of drug-likeness (QED) is 0.854. The van der Waals surface area contributed by atoms with Crippen LogP contribution in [0.3, 0.4) is 0 Å². The summed E-state index contributed by atoms with van der Waals surface area (Å²) < 4.78 is 4.32. The van der Waals surface area contributed by atoms with Crippen LogP contribution in [-0.2, 0) is 18.4 Å². The number of hydrogen-bond donors (Lipinski definition) is 0. The second-order valence-corrected chi connectivity index (χ2v) is 5.79. The van der Waals surface area contributed by atoms with E-state index in [2.05, 4.69) is 26.1 Å². The first-order valence-electron chi connectivity index (χ1n) is 6.32. The molecule has 0 aromatic carbocycles. The zero-order valence-corrected chi connectivity index (χ0v) is 13.6. The highest BCUT2D eigenvalue weighted by Gasteiger charge is 2.21. The molecular formula is C13H18BrN5O. The average Bonchev–Trinajstić information content (AvgIpc) is 2.94. The van der Waals surface area contributed by atoms with Gasteiger partial charge in [-0.2, -0.15) is 10.2 Å². The third-order valence-corrected chi connectivity index (χ3v) is 3.94. The van der Waals surface area contributed by atoms with E-state index in [1.165, 1.54) is 0 Å². The second-order valence-electron chi connectivity index (χ2n) is 4.93.